The molecule has 1 aromatic heterocycles. The second kappa shape index (κ2) is 7.17. The molecule has 3 aromatic rings. The largest absolute Gasteiger partial charge is 0.369 e. The van der Waals surface area contributed by atoms with Crippen LogP contribution in [0.3, 0.4) is 0 Å². The number of nitrogens with two attached hydrogens (primary N) is 1. The van der Waals surface area contributed by atoms with E-state index in [2.05, 4.69) is 11.0 Å². The highest BCUT2D eigenvalue weighted by atomic mass is 16.1. The summed E-state index contributed by atoms with van der Waals surface area (Å²) in [6.07, 6.45) is 0.863. The second-order valence-electron chi connectivity index (χ2n) is 8.09. The number of nitrogens with zero attached hydrogens (tertiary/aromatic N) is 4. The number of benzene rings is 2. The van der Waals surface area contributed by atoms with E-state index in [1.165, 1.54) is 0 Å². The number of carbonyl (C=O) groups excluding carboxylic acids is 1. The molecule has 0 aliphatic carbocycles. The quantitative estimate of drug-likeness (QED) is 0.741. The minimum absolute atomic E-state index is 0.145. The summed E-state index contributed by atoms with van der Waals surface area (Å²) in [5.41, 5.74) is 8.87. The number of para-hydroxylation sites is 2. The van der Waals surface area contributed by atoms with Gasteiger partial charge in [-0.25, -0.2) is 9.97 Å². The third kappa shape index (κ3) is 3.40. The minimum Gasteiger partial charge on any atom is -0.369 e. The highest BCUT2D eigenvalue weighted by molar-refractivity contribution is 5.84. The van der Waals surface area contributed by atoms with Gasteiger partial charge in [-0.1, -0.05) is 38.1 Å². The first kappa shape index (κ1) is 18.9. The standard InChI is InChI=1S/C23H23N5O/c1-23(2,22(25)29)17-10-11-28(14-17)21-20(16-7-5-6-15(12-16)13-24)26-18-8-3-4-9-19(18)27-21/h3-9,12,17H,10-11,14H2,1-2H3,(H2,25,29)/t17-/m1/s1. The number of hydrogen-bond donors (Lipinski definition) is 1. The average Bonchev–Trinajstić information content (AvgIpc) is 3.23. The topological polar surface area (TPSA) is 95.9 Å². The van der Waals surface area contributed by atoms with Gasteiger partial charge in [0, 0.05) is 24.1 Å². The van der Waals surface area contributed by atoms with Crippen molar-refractivity contribution < 1.29 is 4.79 Å². The van der Waals surface area contributed by atoms with Gasteiger partial charge in [-0.15, -0.1) is 0 Å². The maximum Gasteiger partial charge on any atom is 0.223 e. The van der Waals surface area contributed by atoms with Crippen LogP contribution in [0.2, 0.25) is 0 Å². The molecule has 146 valence electrons. The van der Waals surface area contributed by atoms with E-state index in [0.29, 0.717) is 12.1 Å². The van der Waals surface area contributed by atoms with Gasteiger partial charge in [0.2, 0.25) is 5.91 Å². The zero-order chi connectivity index (χ0) is 20.6. The van der Waals surface area contributed by atoms with E-state index in [1.807, 2.05) is 56.3 Å². The molecule has 1 fully saturated rings. The molecule has 0 radical (unpaired) electrons. The summed E-state index contributed by atoms with van der Waals surface area (Å²) in [5.74, 6) is 0.643. The summed E-state index contributed by atoms with van der Waals surface area (Å²) in [5, 5.41) is 9.30. The van der Waals surface area contributed by atoms with Crippen LogP contribution in [0.4, 0.5) is 5.82 Å². The van der Waals surface area contributed by atoms with E-state index in [9.17, 15) is 10.1 Å². The van der Waals surface area contributed by atoms with Crippen LogP contribution in [0.1, 0.15) is 25.8 Å². The van der Waals surface area contributed by atoms with Crippen LogP contribution < -0.4 is 10.6 Å². The molecule has 1 aliphatic heterocycles. The van der Waals surface area contributed by atoms with Crippen molar-refractivity contribution in [2.45, 2.75) is 20.3 Å². The lowest BCUT2D eigenvalue weighted by atomic mass is 9.78. The van der Waals surface area contributed by atoms with Crippen molar-refractivity contribution >= 4 is 22.8 Å². The fourth-order valence-electron chi connectivity index (χ4n) is 3.88. The minimum atomic E-state index is -0.583. The summed E-state index contributed by atoms with van der Waals surface area (Å²) in [7, 11) is 0. The van der Waals surface area contributed by atoms with Gasteiger partial charge in [-0.05, 0) is 36.6 Å². The van der Waals surface area contributed by atoms with Gasteiger partial charge in [0.25, 0.3) is 0 Å². The van der Waals surface area contributed by atoms with Crippen LogP contribution in [0.25, 0.3) is 22.3 Å². The number of anilines is 1. The molecule has 0 bridgehead atoms. The third-order valence-corrected chi connectivity index (χ3v) is 5.96. The molecule has 4 rings (SSSR count). The predicted molar refractivity (Wildman–Crippen MR) is 113 cm³/mol. The number of rotatable bonds is 4. The molecule has 2 N–H and O–H groups in total. The van der Waals surface area contributed by atoms with Crippen molar-refractivity contribution in [1.29, 1.82) is 5.26 Å². The Balaban J connectivity index is 1.81. The molecule has 0 spiro atoms. The summed E-state index contributed by atoms with van der Waals surface area (Å²) >= 11 is 0. The molecular weight excluding hydrogens is 362 g/mol. The summed E-state index contributed by atoms with van der Waals surface area (Å²) in [6.45, 7) is 5.28. The molecule has 6 nitrogen and oxygen atoms in total. The van der Waals surface area contributed by atoms with Gasteiger partial charge in [0.15, 0.2) is 5.82 Å². The molecule has 29 heavy (non-hydrogen) atoms. The fourth-order valence-corrected chi connectivity index (χ4v) is 3.88. The van der Waals surface area contributed by atoms with Gasteiger partial charge in [-0.3, -0.25) is 4.79 Å². The maximum atomic E-state index is 11.9. The Morgan fingerprint density at radius 1 is 1.17 bits per heavy atom. The lowest BCUT2D eigenvalue weighted by molar-refractivity contribution is -0.128. The van der Waals surface area contributed by atoms with Crippen molar-refractivity contribution in [3.8, 4) is 17.3 Å². The van der Waals surface area contributed by atoms with Gasteiger partial charge in [0.05, 0.1) is 22.7 Å². The fraction of sp³-hybridized carbons (Fsp3) is 0.304. The van der Waals surface area contributed by atoms with Crippen LogP contribution in [0.15, 0.2) is 48.5 Å². The van der Waals surface area contributed by atoms with Crippen LogP contribution in [0, 0.1) is 22.7 Å². The molecule has 1 saturated heterocycles. The number of amides is 1. The third-order valence-electron chi connectivity index (χ3n) is 5.96. The molecule has 1 amide bonds. The van der Waals surface area contributed by atoms with E-state index in [4.69, 9.17) is 15.7 Å². The average molecular weight is 385 g/mol. The number of fused-ring (bicyclic) bond motifs is 1. The molecule has 0 unspecified atom stereocenters. The van der Waals surface area contributed by atoms with E-state index in [-0.39, 0.29) is 11.8 Å². The van der Waals surface area contributed by atoms with Gasteiger partial charge in [0.1, 0.15) is 5.69 Å². The maximum absolute atomic E-state index is 11.9. The smallest absolute Gasteiger partial charge is 0.223 e. The van der Waals surface area contributed by atoms with Crippen LogP contribution in [-0.2, 0) is 4.79 Å². The SMILES string of the molecule is CC(C)(C(N)=O)[C@@H]1CCN(c2nc3ccccc3nc2-c2cccc(C#N)c2)C1. The number of primary amides is 1. The van der Waals surface area contributed by atoms with Crippen LogP contribution >= 0.6 is 0 Å². The van der Waals surface area contributed by atoms with Crippen LogP contribution in [-0.4, -0.2) is 29.0 Å². The number of hydrogen-bond acceptors (Lipinski definition) is 5. The highest BCUT2D eigenvalue weighted by Gasteiger charge is 2.40. The zero-order valence-corrected chi connectivity index (χ0v) is 16.6. The Morgan fingerprint density at radius 3 is 2.59 bits per heavy atom. The molecule has 2 heterocycles. The van der Waals surface area contributed by atoms with Crippen molar-refractivity contribution in [2.75, 3.05) is 18.0 Å². The summed E-state index contributed by atoms with van der Waals surface area (Å²) < 4.78 is 0. The van der Waals surface area contributed by atoms with Gasteiger partial charge < -0.3 is 10.6 Å². The van der Waals surface area contributed by atoms with Crippen molar-refractivity contribution in [1.82, 2.24) is 9.97 Å². The highest BCUT2D eigenvalue weighted by Crippen LogP contribution is 2.38. The molecule has 6 heteroatoms. The Hall–Kier alpha value is -3.46. The molecule has 1 atom stereocenters. The monoisotopic (exact) mass is 385 g/mol. The second-order valence-corrected chi connectivity index (χ2v) is 8.09. The first-order chi connectivity index (χ1) is 13.9. The predicted octanol–water partition coefficient (Wildman–Crippen LogP) is 3.51. The Labute approximate surface area is 170 Å². The molecule has 0 saturated carbocycles. The molecule has 1 aliphatic rings. The summed E-state index contributed by atoms with van der Waals surface area (Å²) in [6, 6.07) is 17.4. The van der Waals surface area contributed by atoms with Gasteiger partial charge >= 0.3 is 0 Å². The first-order valence-corrected chi connectivity index (χ1v) is 9.72. The van der Waals surface area contributed by atoms with Crippen molar-refractivity contribution in [3.63, 3.8) is 0 Å². The Bertz CT molecular complexity index is 1130. The lowest BCUT2D eigenvalue weighted by Crippen LogP contribution is -2.39. The van der Waals surface area contributed by atoms with E-state index < -0.39 is 5.41 Å². The molecule has 2 aromatic carbocycles. The van der Waals surface area contributed by atoms with E-state index in [0.717, 1.165) is 41.1 Å². The normalized spacial score (nSPS) is 16.7. The molecular formula is C23H23N5O. The van der Waals surface area contributed by atoms with E-state index in [1.54, 1.807) is 6.07 Å². The zero-order valence-electron chi connectivity index (χ0n) is 16.6. The van der Waals surface area contributed by atoms with Crippen molar-refractivity contribution in [3.05, 3.63) is 54.1 Å². The van der Waals surface area contributed by atoms with Crippen molar-refractivity contribution in [2.24, 2.45) is 17.1 Å². The van der Waals surface area contributed by atoms with E-state index >= 15 is 0 Å². The lowest BCUT2D eigenvalue weighted by Gasteiger charge is -2.28. The first-order valence-electron chi connectivity index (χ1n) is 9.72. The number of aromatic nitrogens is 2. The number of carbonyl (C=O) groups is 1. The Morgan fingerprint density at radius 2 is 1.90 bits per heavy atom. The number of nitriles is 1. The Kier molecular flexibility index (Phi) is 4.67. The van der Waals surface area contributed by atoms with Crippen LogP contribution in [0.5, 0.6) is 0 Å². The summed E-state index contributed by atoms with van der Waals surface area (Å²) in [4.78, 5) is 23.9. The van der Waals surface area contributed by atoms with Gasteiger partial charge in [-0.2, -0.15) is 5.26 Å².